The molecule has 2 aromatic heterocycles. The molecule has 8 heteroatoms. The lowest BCUT2D eigenvalue weighted by Crippen LogP contribution is -2.39. The van der Waals surface area contributed by atoms with Crippen LogP contribution in [0.5, 0.6) is 5.75 Å². The van der Waals surface area contributed by atoms with Gasteiger partial charge in [-0.25, -0.2) is 0 Å². The Balaban J connectivity index is 1.40. The van der Waals surface area contributed by atoms with E-state index in [0.29, 0.717) is 6.54 Å². The fourth-order valence-corrected chi connectivity index (χ4v) is 3.85. The number of carbonyl (C=O) groups excluding carboxylic acids is 1. The number of aromatic nitrogens is 3. The second-order valence-corrected chi connectivity index (χ2v) is 7.49. The Morgan fingerprint density at radius 2 is 2.03 bits per heavy atom. The number of fused-ring (bicyclic) bond motifs is 1. The maximum atomic E-state index is 11.7. The third-order valence-corrected chi connectivity index (χ3v) is 5.48. The number of nitrogens with zero attached hydrogens (tertiary/aromatic N) is 4. The van der Waals surface area contributed by atoms with Gasteiger partial charge >= 0.3 is 0 Å². The summed E-state index contributed by atoms with van der Waals surface area (Å²) in [6.45, 7) is 2.65. The van der Waals surface area contributed by atoms with Crippen molar-refractivity contribution < 1.29 is 9.53 Å². The number of likely N-dealkylation sites (tertiary alicyclic amines) is 1. The molecule has 2 N–H and O–H groups in total. The Hall–Kier alpha value is -3.13. The van der Waals surface area contributed by atoms with Gasteiger partial charge in [0, 0.05) is 44.5 Å². The van der Waals surface area contributed by atoms with Crippen LogP contribution in [0.2, 0.25) is 0 Å². The van der Waals surface area contributed by atoms with Crippen molar-refractivity contribution in [3.05, 3.63) is 58.9 Å². The molecule has 0 spiro atoms. The van der Waals surface area contributed by atoms with Crippen LogP contribution in [0.15, 0.2) is 47.7 Å². The molecule has 29 heavy (non-hydrogen) atoms. The van der Waals surface area contributed by atoms with E-state index in [1.807, 2.05) is 35.0 Å². The molecule has 4 rings (SSSR count). The number of primary amides is 1. The van der Waals surface area contributed by atoms with Crippen LogP contribution in [0.4, 0.5) is 0 Å². The van der Waals surface area contributed by atoms with Crippen molar-refractivity contribution in [1.82, 2.24) is 19.0 Å². The maximum Gasteiger partial charge on any atom is 0.268 e. The van der Waals surface area contributed by atoms with Gasteiger partial charge in [-0.3, -0.25) is 19.5 Å². The molecule has 8 nitrogen and oxygen atoms in total. The molecular weight excluding hydrogens is 370 g/mol. The van der Waals surface area contributed by atoms with Gasteiger partial charge in [0.1, 0.15) is 18.4 Å². The van der Waals surface area contributed by atoms with Crippen molar-refractivity contribution in [1.29, 1.82) is 0 Å². The van der Waals surface area contributed by atoms with Crippen LogP contribution in [0, 0.1) is 0 Å². The molecule has 1 amide bonds. The third kappa shape index (κ3) is 4.17. The van der Waals surface area contributed by atoms with E-state index in [2.05, 4.69) is 9.88 Å². The Morgan fingerprint density at radius 1 is 1.24 bits per heavy atom. The standard InChI is InChI=1S/C21H25N5O3/c1-24-15(11-23-12-21(24)28)13-25-8-5-16(6-9-25)29-19-4-2-3-18-17(19)7-10-26(18)14-20(22)27/h2-4,7,10-12,16H,5-6,8-9,13-14H2,1H3,(H2,22,27). The first-order valence-corrected chi connectivity index (χ1v) is 9.76. The van der Waals surface area contributed by atoms with E-state index in [4.69, 9.17) is 10.5 Å². The number of hydrogen-bond donors (Lipinski definition) is 1. The minimum atomic E-state index is -0.368. The Kier molecular flexibility index (Phi) is 5.35. The number of benzene rings is 1. The largest absolute Gasteiger partial charge is 0.490 e. The number of rotatable bonds is 6. The molecule has 0 atom stereocenters. The lowest BCUT2D eigenvalue weighted by molar-refractivity contribution is -0.118. The normalized spacial score (nSPS) is 15.6. The summed E-state index contributed by atoms with van der Waals surface area (Å²) in [5.74, 6) is 0.464. The average Bonchev–Trinajstić information content (AvgIpc) is 3.10. The van der Waals surface area contributed by atoms with E-state index in [1.165, 1.54) is 6.20 Å². The lowest BCUT2D eigenvalue weighted by atomic mass is 10.1. The summed E-state index contributed by atoms with van der Waals surface area (Å²) in [4.78, 5) is 29.3. The molecule has 1 aromatic carbocycles. The molecule has 1 saturated heterocycles. The monoisotopic (exact) mass is 395 g/mol. The Morgan fingerprint density at radius 3 is 2.79 bits per heavy atom. The summed E-state index contributed by atoms with van der Waals surface area (Å²) < 4.78 is 9.79. The first-order chi connectivity index (χ1) is 14.0. The molecule has 0 aliphatic carbocycles. The fraction of sp³-hybridized carbons (Fsp3) is 0.381. The minimum Gasteiger partial charge on any atom is -0.490 e. The van der Waals surface area contributed by atoms with Crippen molar-refractivity contribution in [2.75, 3.05) is 13.1 Å². The summed E-state index contributed by atoms with van der Waals surface area (Å²) in [6.07, 6.45) is 6.90. The highest BCUT2D eigenvalue weighted by Crippen LogP contribution is 2.29. The van der Waals surface area contributed by atoms with Crippen LogP contribution < -0.4 is 16.0 Å². The maximum absolute atomic E-state index is 11.7. The molecule has 0 radical (unpaired) electrons. The van der Waals surface area contributed by atoms with Crippen LogP contribution in [-0.2, 0) is 24.9 Å². The molecule has 3 aromatic rings. The van der Waals surface area contributed by atoms with Crippen molar-refractivity contribution in [2.24, 2.45) is 12.8 Å². The van der Waals surface area contributed by atoms with Gasteiger partial charge in [-0.15, -0.1) is 0 Å². The van der Waals surface area contributed by atoms with Crippen LogP contribution in [0.3, 0.4) is 0 Å². The van der Waals surface area contributed by atoms with Gasteiger partial charge < -0.3 is 19.6 Å². The summed E-state index contributed by atoms with van der Waals surface area (Å²) in [5.41, 5.74) is 7.10. The predicted molar refractivity (Wildman–Crippen MR) is 110 cm³/mol. The number of amides is 1. The summed E-state index contributed by atoms with van der Waals surface area (Å²) >= 11 is 0. The lowest BCUT2D eigenvalue weighted by Gasteiger charge is -2.32. The van der Waals surface area contributed by atoms with Gasteiger partial charge in [-0.05, 0) is 31.0 Å². The summed E-state index contributed by atoms with van der Waals surface area (Å²) in [6, 6.07) is 7.83. The molecule has 3 heterocycles. The second kappa shape index (κ2) is 8.08. The SMILES string of the molecule is Cn1c(CN2CCC(Oc3cccc4c3ccn4CC(N)=O)CC2)cncc1=O. The average molecular weight is 395 g/mol. The quantitative estimate of drug-likeness (QED) is 0.678. The summed E-state index contributed by atoms with van der Waals surface area (Å²) in [7, 11) is 1.78. The first-order valence-electron chi connectivity index (χ1n) is 9.76. The Bertz CT molecular complexity index is 1080. The highest BCUT2D eigenvalue weighted by Gasteiger charge is 2.22. The van der Waals surface area contributed by atoms with Gasteiger partial charge in [0.05, 0.1) is 17.4 Å². The highest BCUT2D eigenvalue weighted by atomic mass is 16.5. The van der Waals surface area contributed by atoms with Crippen molar-refractivity contribution in [2.45, 2.75) is 32.0 Å². The van der Waals surface area contributed by atoms with E-state index in [1.54, 1.807) is 17.8 Å². The number of ether oxygens (including phenoxy) is 1. The first kappa shape index (κ1) is 19.2. The zero-order valence-electron chi connectivity index (χ0n) is 16.5. The fourth-order valence-electron chi connectivity index (χ4n) is 3.85. The van der Waals surface area contributed by atoms with Crippen LogP contribution in [-0.4, -0.2) is 44.1 Å². The third-order valence-electron chi connectivity index (χ3n) is 5.48. The van der Waals surface area contributed by atoms with Crippen LogP contribution in [0.25, 0.3) is 10.9 Å². The van der Waals surface area contributed by atoms with Crippen molar-refractivity contribution in [3.8, 4) is 5.75 Å². The van der Waals surface area contributed by atoms with E-state index >= 15 is 0 Å². The van der Waals surface area contributed by atoms with E-state index in [-0.39, 0.29) is 24.1 Å². The zero-order valence-corrected chi connectivity index (χ0v) is 16.5. The highest BCUT2D eigenvalue weighted by molar-refractivity contribution is 5.87. The van der Waals surface area contributed by atoms with Crippen molar-refractivity contribution in [3.63, 3.8) is 0 Å². The smallest absolute Gasteiger partial charge is 0.268 e. The van der Waals surface area contributed by atoms with E-state index in [9.17, 15) is 9.59 Å². The van der Waals surface area contributed by atoms with Crippen molar-refractivity contribution >= 4 is 16.8 Å². The van der Waals surface area contributed by atoms with Gasteiger partial charge in [0.25, 0.3) is 5.56 Å². The van der Waals surface area contributed by atoms with Gasteiger partial charge in [0.15, 0.2) is 0 Å². The predicted octanol–water partition coefficient (Wildman–Crippen LogP) is 1.26. The molecule has 0 saturated carbocycles. The Labute approximate surface area is 168 Å². The molecule has 152 valence electrons. The number of carbonyl (C=O) groups is 1. The minimum absolute atomic E-state index is 0.0860. The van der Waals surface area contributed by atoms with E-state index < -0.39 is 0 Å². The molecule has 1 fully saturated rings. The molecule has 1 aliphatic rings. The van der Waals surface area contributed by atoms with E-state index in [0.717, 1.165) is 48.3 Å². The van der Waals surface area contributed by atoms with Gasteiger partial charge in [-0.2, -0.15) is 0 Å². The van der Waals surface area contributed by atoms with Crippen LogP contribution >= 0.6 is 0 Å². The molecule has 0 bridgehead atoms. The molecular formula is C21H25N5O3. The van der Waals surface area contributed by atoms with Crippen LogP contribution in [0.1, 0.15) is 18.5 Å². The summed E-state index contributed by atoms with van der Waals surface area (Å²) in [5, 5.41) is 0.988. The number of piperidine rings is 1. The number of nitrogens with two attached hydrogens (primary N) is 1. The molecule has 1 aliphatic heterocycles. The van der Waals surface area contributed by atoms with Gasteiger partial charge in [0.2, 0.25) is 5.91 Å². The molecule has 0 unspecified atom stereocenters. The topological polar surface area (TPSA) is 95.4 Å². The number of hydrogen-bond acceptors (Lipinski definition) is 5. The van der Waals surface area contributed by atoms with Gasteiger partial charge in [-0.1, -0.05) is 6.07 Å². The second-order valence-electron chi connectivity index (χ2n) is 7.49. The zero-order chi connectivity index (χ0) is 20.4.